The van der Waals surface area contributed by atoms with Gasteiger partial charge in [0.05, 0.1) is 16.9 Å². The summed E-state index contributed by atoms with van der Waals surface area (Å²) in [5.74, 6) is 0. The van der Waals surface area contributed by atoms with Crippen LogP contribution in [0.4, 0.5) is 5.69 Å². The number of anilines is 1. The molecule has 2 heterocycles. The molecule has 0 bridgehead atoms. The minimum Gasteiger partial charge on any atom is -0.382 e. The van der Waals surface area contributed by atoms with Crippen LogP contribution in [0.25, 0.3) is 0 Å². The summed E-state index contributed by atoms with van der Waals surface area (Å²) in [6, 6.07) is 0. The van der Waals surface area contributed by atoms with Crippen LogP contribution < -0.4 is 10.9 Å². The Morgan fingerprint density at radius 1 is 1.47 bits per heavy atom. The summed E-state index contributed by atoms with van der Waals surface area (Å²) in [4.78, 5) is 17.2. The van der Waals surface area contributed by atoms with Crippen LogP contribution in [0.5, 0.6) is 0 Å². The highest BCUT2D eigenvalue weighted by Gasteiger charge is 2.07. The summed E-state index contributed by atoms with van der Waals surface area (Å²) in [5.41, 5.74) is 0.270. The molecule has 2 rings (SSSR count). The lowest BCUT2D eigenvalue weighted by atomic mass is 10.4. The van der Waals surface area contributed by atoms with Crippen molar-refractivity contribution in [1.29, 1.82) is 0 Å². The second-order valence-corrected chi connectivity index (χ2v) is 5.63. The van der Waals surface area contributed by atoms with Crippen LogP contribution in [-0.2, 0) is 19.9 Å². The van der Waals surface area contributed by atoms with Crippen molar-refractivity contribution in [3.63, 3.8) is 0 Å². The normalized spacial score (nSPS) is 10.7. The predicted molar refractivity (Wildman–Crippen MR) is 78.2 cm³/mol. The van der Waals surface area contributed by atoms with E-state index in [0.29, 0.717) is 12.2 Å². The van der Waals surface area contributed by atoms with Gasteiger partial charge in [0, 0.05) is 31.1 Å². The second-order valence-electron chi connectivity index (χ2n) is 4.05. The van der Waals surface area contributed by atoms with Gasteiger partial charge in [-0.15, -0.1) is 11.3 Å². The molecule has 0 unspecified atom stereocenters. The summed E-state index contributed by atoms with van der Waals surface area (Å²) in [7, 11) is 1.57. The zero-order valence-corrected chi connectivity index (χ0v) is 12.4. The van der Waals surface area contributed by atoms with Gasteiger partial charge in [-0.05, 0) is 6.42 Å². The molecule has 0 amide bonds. The van der Waals surface area contributed by atoms with E-state index in [4.69, 9.17) is 11.6 Å². The highest BCUT2D eigenvalue weighted by Crippen LogP contribution is 2.16. The molecule has 102 valence electrons. The topological polar surface area (TPSA) is 59.8 Å². The Morgan fingerprint density at radius 2 is 2.26 bits per heavy atom. The summed E-state index contributed by atoms with van der Waals surface area (Å²) in [5, 5.41) is 8.30. The quantitative estimate of drug-likeness (QED) is 0.918. The molecule has 0 saturated carbocycles. The molecule has 0 aliphatic heterocycles. The third kappa shape index (κ3) is 3.33. The van der Waals surface area contributed by atoms with E-state index in [-0.39, 0.29) is 10.6 Å². The maximum absolute atomic E-state index is 11.6. The van der Waals surface area contributed by atoms with Gasteiger partial charge in [-0.2, -0.15) is 5.10 Å². The van der Waals surface area contributed by atoms with Gasteiger partial charge in [-0.25, -0.2) is 9.67 Å². The van der Waals surface area contributed by atoms with Crippen LogP contribution in [0.3, 0.4) is 0 Å². The van der Waals surface area contributed by atoms with Crippen molar-refractivity contribution >= 4 is 28.6 Å². The van der Waals surface area contributed by atoms with Crippen molar-refractivity contribution in [2.24, 2.45) is 7.05 Å². The van der Waals surface area contributed by atoms with Crippen LogP contribution >= 0.6 is 22.9 Å². The predicted octanol–water partition coefficient (Wildman–Crippen LogP) is 2.11. The van der Waals surface area contributed by atoms with E-state index in [1.54, 1.807) is 24.6 Å². The first kappa shape index (κ1) is 14.0. The minimum absolute atomic E-state index is 0.172. The van der Waals surface area contributed by atoms with Gasteiger partial charge in [0.1, 0.15) is 5.02 Å². The number of nitrogens with zero attached hydrogens (tertiary/aromatic N) is 3. The van der Waals surface area contributed by atoms with Gasteiger partial charge >= 0.3 is 0 Å². The number of aromatic nitrogens is 3. The summed E-state index contributed by atoms with van der Waals surface area (Å²) >= 11 is 7.67. The van der Waals surface area contributed by atoms with E-state index in [1.165, 1.54) is 9.56 Å². The van der Waals surface area contributed by atoms with Crippen LogP contribution in [-0.4, -0.2) is 21.3 Å². The molecule has 7 heteroatoms. The zero-order chi connectivity index (χ0) is 13.8. The number of halogens is 1. The molecule has 0 atom stereocenters. The van der Waals surface area contributed by atoms with Crippen molar-refractivity contribution in [3.05, 3.63) is 37.7 Å². The van der Waals surface area contributed by atoms with Crippen LogP contribution in [0.2, 0.25) is 5.02 Å². The highest BCUT2D eigenvalue weighted by molar-refractivity contribution is 7.11. The lowest BCUT2D eigenvalue weighted by Gasteiger charge is -2.07. The molecule has 0 radical (unpaired) electrons. The smallest absolute Gasteiger partial charge is 0.287 e. The fraction of sp³-hybridized carbons (Fsp3) is 0.417. The van der Waals surface area contributed by atoms with Gasteiger partial charge in [-0.3, -0.25) is 4.79 Å². The first-order chi connectivity index (χ1) is 9.11. The summed E-state index contributed by atoms with van der Waals surface area (Å²) in [6.07, 6.45) is 5.28. The van der Waals surface area contributed by atoms with Crippen LogP contribution in [0, 0.1) is 0 Å². The molecule has 0 fully saturated rings. The summed E-state index contributed by atoms with van der Waals surface area (Å²) < 4.78 is 1.21. The minimum atomic E-state index is -0.297. The summed E-state index contributed by atoms with van der Waals surface area (Å²) in [6.45, 7) is 2.78. The SMILES string of the molecule is CCc1cnc(CCNc2cnn(C)c(=O)c2Cl)s1. The van der Waals surface area contributed by atoms with Crippen LogP contribution in [0.1, 0.15) is 16.8 Å². The Labute approximate surface area is 120 Å². The number of nitrogens with one attached hydrogen (secondary N) is 1. The number of aryl methyl sites for hydroxylation is 2. The Hall–Kier alpha value is -1.40. The third-order valence-electron chi connectivity index (χ3n) is 2.68. The van der Waals surface area contributed by atoms with Gasteiger partial charge in [0.2, 0.25) is 0 Å². The zero-order valence-electron chi connectivity index (χ0n) is 10.8. The fourth-order valence-electron chi connectivity index (χ4n) is 1.57. The number of hydrogen-bond donors (Lipinski definition) is 1. The number of rotatable bonds is 5. The van der Waals surface area contributed by atoms with Crippen molar-refractivity contribution < 1.29 is 0 Å². The molecule has 2 aromatic rings. The van der Waals surface area contributed by atoms with E-state index in [1.807, 2.05) is 6.20 Å². The molecule has 1 N–H and O–H groups in total. The Kier molecular flexibility index (Phi) is 4.55. The van der Waals surface area contributed by atoms with Gasteiger partial charge in [-0.1, -0.05) is 18.5 Å². The van der Waals surface area contributed by atoms with Crippen molar-refractivity contribution in [3.8, 4) is 0 Å². The molecule has 0 spiro atoms. The molecule has 0 saturated heterocycles. The Bertz CT molecular complexity index is 622. The molecule has 5 nitrogen and oxygen atoms in total. The largest absolute Gasteiger partial charge is 0.382 e. The van der Waals surface area contributed by atoms with Gasteiger partial charge < -0.3 is 5.32 Å². The van der Waals surface area contributed by atoms with E-state index >= 15 is 0 Å². The van der Waals surface area contributed by atoms with Crippen molar-refractivity contribution in [1.82, 2.24) is 14.8 Å². The number of hydrogen-bond acceptors (Lipinski definition) is 5. The average molecular weight is 299 g/mol. The standard InChI is InChI=1S/C12H15ClN4OS/c1-3-8-6-15-10(19-8)4-5-14-9-7-16-17(2)12(18)11(9)13/h6-7,14H,3-5H2,1-2H3. The van der Waals surface area contributed by atoms with Crippen molar-refractivity contribution in [2.75, 3.05) is 11.9 Å². The van der Waals surface area contributed by atoms with E-state index in [0.717, 1.165) is 17.8 Å². The van der Waals surface area contributed by atoms with Gasteiger partial charge in [0.25, 0.3) is 5.56 Å². The lowest BCUT2D eigenvalue weighted by Crippen LogP contribution is -2.21. The maximum atomic E-state index is 11.6. The molecule has 0 aromatic carbocycles. The maximum Gasteiger partial charge on any atom is 0.287 e. The molecule has 2 aromatic heterocycles. The van der Waals surface area contributed by atoms with Gasteiger partial charge in [0.15, 0.2) is 0 Å². The fourth-order valence-corrected chi connectivity index (χ4v) is 2.66. The molecular formula is C12H15ClN4OS. The van der Waals surface area contributed by atoms with Crippen molar-refractivity contribution in [2.45, 2.75) is 19.8 Å². The monoisotopic (exact) mass is 298 g/mol. The molecule has 19 heavy (non-hydrogen) atoms. The van der Waals surface area contributed by atoms with E-state index in [2.05, 4.69) is 22.3 Å². The first-order valence-electron chi connectivity index (χ1n) is 6.01. The Balaban J connectivity index is 1.96. The third-order valence-corrected chi connectivity index (χ3v) is 4.25. The lowest BCUT2D eigenvalue weighted by molar-refractivity contribution is 0.708. The Morgan fingerprint density at radius 3 is 2.95 bits per heavy atom. The molecular weight excluding hydrogens is 284 g/mol. The first-order valence-corrected chi connectivity index (χ1v) is 7.20. The average Bonchev–Trinajstić information content (AvgIpc) is 2.87. The highest BCUT2D eigenvalue weighted by atomic mass is 35.5. The van der Waals surface area contributed by atoms with E-state index < -0.39 is 0 Å². The van der Waals surface area contributed by atoms with Crippen LogP contribution in [0.15, 0.2) is 17.2 Å². The number of thiazole rings is 1. The second kappa shape index (κ2) is 6.16. The van der Waals surface area contributed by atoms with E-state index in [9.17, 15) is 4.79 Å². The molecule has 0 aliphatic carbocycles. The molecule has 0 aliphatic rings.